The monoisotopic (exact) mass is 328 g/mol. The van der Waals surface area contributed by atoms with Gasteiger partial charge in [0.15, 0.2) is 0 Å². The van der Waals surface area contributed by atoms with Crippen molar-refractivity contribution in [2.24, 2.45) is 0 Å². The Bertz CT molecular complexity index is 799. The molecule has 22 heavy (non-hydrogen) atoms. The SMILES string of the molecule is Cc1ccsc1CN(C)C(=O)/C=C/c1nc2ccccc2s1. The first kappa shape index (κ1) is 14.9. The fourth-order valence-corrected chi connectivity index (χ4v) is 3.92. The van der Waals surface area contributed by atoms with Gasteiger partial charge in [-0.15, -0.1) is 22.7 Å². The highest BCUT2D eigenvalue weighted by Gasteiger charge is 2.09. The van der Waals surface area contributed by atoms with Crippen LogP contribution in [0.5, 0.6) is 0 Å². The number of benzene rings is 1. The Hall–Kier alpha value is -1.98. The number of aromatic nitrogens is 1. The zero-order valence-electron chi connectivity index (χ0n) is 12.4. The summed E-state index contributed by atoms with van der Waals surface area (Å²) in [6, 6.07) is 10.1. The van der Waals surface area contributed by atoms with Crippen molar-refractivity contribution in [3.63, 3.8) is 0 Å². The molecular weight excluding hydrogens is 312 g/mol. The van der Waals surface area contributed by atoms with E-state index in [9.17, 15) is 4.79 Å². The molecule has 1 aromatic carbocycles. The van der Waals surface area contributed by atoms with E-state index in [2.05, 4.69) is 23.4 Å². The Morgan fingerprint density at radius 3 is 2.86 bits per heavy atom. The van der Waals surface area contributed by atoms with Crippen molar-refractivity contribution in [3.8, 4) is 0 Å². The number of hydrogen-bond acceptors (Lipinski definition) is 4. The highest BCUT2D eigenvalue weighted by molar-refractivity contribution is 7.19. The topological polar surface area (TPSA) is 33.2 Å². The third-order valence-corrected chi connectivity index (χ3v) is 5.41. The van der Waals surface area contributed by atoms with Crippen molar-refractivity contribution in [3.05, 3.63) is 57.2 Å². The fourth-order valence-electron chi connectivity index (χ4n) is 2.09. The Labute approximate surface area is 137 Å². The third kappa shape index (κ3) is 3.26. The van der Waals surface area contributed by atoms with E-state index < -0.39 is 0 Å². The van der Waals surface area contributed by atoms with Crippen molar-refractivity contribution >= 4 is 44.9 Å². The van der Waals surface area contributed by atoms with Crippen LogP contribution < -0.4 is 0 Å². The second-order valence-corrected chi connectivity index (χ2v) is 7.14. The number of likely N-dealkylation sites (N-methyl/N-ethyl adjacent to an activating group) is 1. The van der Waals surface area contributed by atoms with E-state index in [0.29, 0.717) is 6.54 Å². The first-order chi connectivity index (χ1) is 10.6. The van der Waals surface area contributed by atoms with Crippen LogP contribution in [0.1, 0.15) is 15.4 Å². The van der Waals surface area contributed by atoms with Gasteiger partial charge in [0.1, 0.15) is 5.01 Å². The van der Waals surface area contributed by atoms with Crippen LogP contribution in [0.3, 0.4) is 0 Å². The van der Waals surface area contributed by atoms with Crippen LogP contribution in [0, 0.1) is 6.92 Å². The minimum atomic E-state index is -0.00736. The predicted molar refractivity (Wildman–Crippen MR) is 94.2 cm³/mol. The molecule has 0 N–H and O–H groups in total. The normalized spacial score (nSPS) is 11.4. The summed E-state index contributed by atoms with van der Waals surface area (Å²) in [6.07, 6.45) is 3.39. The molecule has 0 aliphatic heterocycles. The highest BCUT2D eigenvalue weighted by atomic mass is 32.1. The van der Waals surface area contributed by atoms with Crippen molar-refractivity contribution in [2.45, 2.75) is 13.5 Å². The number of fused-ring (bicyclic) bond motifs is 1. The van der Waals surface area contributed by atoms with Crippen LogP contribution in [0.4, 0.5) is 0 Å². The minimum Gasteiger partial charge on any atom is -0.337 e. The lowest BCUT2D eigenvalue weighted by atomic mass is 10.3. The van der Waals surface area contributed by atoms with Gasteiger partial charge < -0.3 is 4.90 Å². The average Bonchev–Trinajstić information content (AvgIpc) is 3.10. The number of para-hydroxylation sites is 1. The molecular formula is C17H16N2OS2. The molecule has 0 unspecified atom stereocenters. The molecule has 0 aliphatic carbocycles. The number of hydrogen-bond donors (Lipinski definition) is 0. The summed E-state index contributed by atoms with van der Waals surface area (Å²) in [5, 5.41) is 2.91. The van der Waals surface area contributed by atoms with Crippen molar-refractivity contribution in [1.29, 1.82) is 0 Å². The van der Waals surface area contributed by atoms with Crippen molar-refractivity contribution in [2.75, 3.05) is 7.05 Å². The number of thiazole rings is 1. The van der Waals surface area contributed by atoms with E-state index >= 15 is 0 Å². The van der Waals surface area contributed by atoms with Gasteiger partial charge >= 0.3 is 0 Å². The largest absolute Gasteiger partial charge is 0.337 e. The van der Waals surface area contributed by atoms with Gasteiger partial charge in [-0.2, -0.15) is 0 Å². The van der Waals surface area contributed by atoms with Crippen LogP contribution in [-0.2, 0) is 11.3 Å². The summed E-state index contributed by atoms with van der Waals surface area (Å²) in [5.41, 5.74) is 2.21. The highest BCUT2D eigenvalue weighted by Crippen LogP contribution is 2.22. The Balaban J connectivity index is 1.68. The van der Waals surface area contributed by atoms with Gasteiger partial charge in [-0.3, -0.25) is 4.79 Å². The molecule has 0 fully saturated rings. The number of carbonyl (C=O) groups excluding carboxylic acids is 1. The predicted octanol–water partition coefficient (Wildman–Crippen LogP) is 4.34. The molecule has 3 rings (SSSR count). The maximum absolute atomic E-state index is 12.2. The maximum Gasteiger partial charge on any atom is 0.246 e. The summed E-state index contributed by atoms with van der Waals surface area (Å²) in [5.74, 6) is -0.00736. The van der Waals surface area contributed by atoms with Gasteiger partial charge in [-0.1, -0.05) is 12.1 Å². The molecule has 0 atom stereocenters. The van der Waals surface area contributed by atoms with Crippen molar-refractivity contribution in [1.82, 2.24) is 9.88 Å². The maximum atomic E-state index is 12.2. The first-order valence-corrected chi connectivity index (χ1v) is 8.65. The van der Waals surface area contributed by atoms with Crippen LogP contribution in [0.15, 0.2) is 41.8 Å². The summed E-state index contributed by atoms with van der Waals surface area (Å²) < 4.78 is 1.14. The molecule has 3 aromatic rings. The Kier molecular flexibility index (Phi) is 4.36. The molecule has 2 aromatic heterocycles. The molecule has 5 heteroatoms. The molecule has 0 saturated carbocycles. The minimum absolute atomic E-state index is 0.00736. The molecule has 0 saturated heterocycles. The van der Waals surface area contributed by atoms with Gasteiger partial charge in [-0.05, 0) is 42.1 Å². The summed E-state index contributed by atoms with van der Waals surface area (Å²) in [6.45, 7) is 2.72. The molecule has 1 amide bonds. The lowest BCUT2D eigenvalue weighted by molar-refractivity contribution is -0.125. The summed E-state index contributed by atoms with van der Waals surface area (Å²) in [7, 11) is 1.82. The molecule has 0 bridgehead atoms. The quantitative estimate of drug-likeness (QED) is 0.668. The molecule has 0 radical (unpaired) electrons. The first-order valence-electron chi connectivity index (χ1n) is 6.95. The molecule has 0 spiro atoms. The summed E-state index contributed by atoms with van der Waals surface area (Å²) >= 11 is 3.28. The van der Waals surface area contributed by atoms with E-state index in [4.69, 9.17) is 0 Å². The molecule has 112 valence electrons. The van der Waals surface area contributed by atoms with Gasteiger partial charge in [0.05, 0.1) is 16.8 Å². The van der Waals surface area contributed by atoms with Crippen molar-refractivity contribution < 1.29 is 4.79 Å². The number of rotatable bonds is 4. The summed E-state index contributed by atoms with van der Waals surface area (Å²) in [4.78, 5) is 19.6. The Morgan fingerprint density at radius 1 is 1.32 bits per heavy atom. The van der Waals surface area contributed by atoms with Crippen LogP contribution in [0.25, 0.3) is 16.3 Å². The second-order valence-electron chi connectivity index (χ2n) is 5.07. The van der Waals surface area contributed by atoms with E-state index in [1.54, 1.807) is 39.7 Å². The lowest BCUT2D eigenvalue weighted by Crippen LogP contribution is -2.23. The zero-order chi connectivity index (χ0) is 15.5. The number of amides is 1. The smallest absolute Gasteiger partial charge is 0.246 e. The van der Waals surface area contributed by atoms with Gasteiger partial charge in [0, 0.05) is 18.0 Å². The molecule has 3 nitrogen and oxygen atoms in total. The van der Waals surface area contributed by atoms with Crippen LogP contribution in [0.2, 0.25) is 0 Å². The van der Waals surface area contributed by atoms with E-state index in [0.717, 1.165) is 15.2 Å². The number of thiophene rings is 1. The molecule has 0 aliphatic rings. The second kappa shape index (κ2) is 6.42. The number of aryl methyl sites for hydroxylation is 1. The van der Waals surface area contributed by atoms with Gasteiger partial charge in [0.2, 0.25) is 5.91 Å². The standard InChI is InChI=1S/C17H16N2OS2/c1-12-9-10-21-15(12)11-19(2)17(20)8-7-16-18-13-5-3-4-6-14(13)22-16/h3-10H,11H2,1-2H3/b8-7+. The lowest BCUT2D eigenvalue weighted by Gasteiger charge is -2.14. The van der Waals surface area contributed by atoms with Gasteiger partial charge in [-0.25, -0.2) is 4.98 Å². The van der Waals surface area contributed by atoms with E-state index in [1.807, 2.05) is 31.3 Å². The Morgan fingerprint density at radius 2 is 2.14 bits per heavy atom. The van der Waals surface area contributed by atoms with Gasteiger partial charge in [0.25, 0.3) is 0 Å². The van der Waals surface area contributed by atoms with E-state index in [1.165, 1.54) is 10.4 Å². The number of nitrogens with zero attached hydrogens (tertiary/aromatic N) is 2. The number of carbonyl (C=O) groups is 1. The zero-order valence-corrected chi connectivity index (χ0v) is 14.1. The van der Waals surface area contributed by atoms with Crippen LogP contribution in [-0.4, -0.2) is 22.8 Å². The average molecular weight is 328 g/mol. The molecule has 2 heterocycles. The van der Waals surface area contributed by atoms with Crippen LogP contribution >= 0.6 is 22.7 Å². The third-order valence-electron chi connectivity index (χ3n) is 3.40. The van der Waals surface area contributed by atoms with E-state index in [-0.39, 0.29) is 5.91 Å². The fraction of sp³-hybridized carbons (Fsp3) is 0.176.